The lowest BCUT2D eigenvalue weighted by Gasteiger charge is -2.09. The molecule has 0 saturated carbocycles. The van der Waals surface area contributed by atoms with E-state index in [0.29, 0.717) is 21.5 Å². The van der Waals surface area contributed by atoms with Crippen molar-refractivity contribution < 1.29 is 23.1 Å². The molecule has 0 heterocycles. The fourth-order valence-corrected chi connectivity index (χ4v) is 3.09. The molecule has 33 heavy (non-hydrogen) atoms. The summed E-state index contributed by atoms with van der Waals surface area (Å²) in [5.74, 6) is -2.02. The van der Waals surface area contributed by atoms with Crippen LogP contribution in [-0.2, 0) is 4.79 Å². The van der Waals surface area contributed by atoms with Gasteiger partial charge in [0.25, 0.3) is 11.8 Å². The highest BCUT2D eigenvalue weighted by Crippen LogP contribution is 2.25. The van der Waals surface area contributed by atoms with Gasteiger partial charge in [-0.25, -0.2) is 14.2 Å². The summed E-state index contributed by atoms with van der Waals surface area (Å²) in [6.07, 6.45) is 1.34. The van der Waals surface area contributed by atoms with Crippen LogP contribution in [0, 0.1) is 23.0 Å². The van der Waals surface area contributed by atoms with Crippen LogP contribution < -0.4 is 15.5 Å². The van der Waals surface area contributed by atoms with Crippen LogP contribution in [0.2, 0.25) is 0 Å². The molecule has 3 aromatic carbocycles. The van der Waals surface area contributed by atoms with Gasteiger partial charge in [0.2, 0.25) is 0 Å². The number of hydrazone groups is 1. The number of amides is 2. The predicted molar refractivity (Wildman–Crippen MR) is 121 cm³/mol. The molecule has 166 valence electrons. The number of nitriles is 1. The highest BCUT2D eigenvalue weighted by molar-refractivity contribution is 9.10. The normalized spacial score (nSPS) is 10.5. The molecule has 0 saturated heterocycles. The highest BCUT2D eigenvalue weighted by Gasteiger charge is 2.12. The highest BCUT2D eigenvalue weighted by atomic mass is 79.9. The van der Waals surface area contributed by atoms with Gasteiger partial charge in [0.15, 0.2) is 6.61 Å². The van der Waals surface area contributed by atoms with Crippen molar-refractivity contribution in [2.24, 2.45) is 5.10 Å². The molecule has 0 spiro atoms. The van der Waals surface area contributed by atoms with E-state index >= 15 is 0 Å². The Morgan fingerprint density at radius 2 is 1.85 bits per heavy atom. The number of carbonyl (C=O) groups excluding carboxylic acids is 2. The Labute approximate surface area is 195 Å². The van der Waals surface area contributed by atoms with Crippen LogP contribution in [0.4, 0.5) is 14.5 Å². The molecule has 0 bridgehead atoms. The number of halogens is 3. The Bertz CT molecular complexity index is 1260. The number of carbonyl (C=O) groups is 2. The zero-order chi connectivity index (χ0) is 23.8. The molecule has 10 heteroatoms. The lowest BCUT2D eigenvalue weighted by atomic mass is 10.1. The molecule has 0 atom stereocenters. The number of nitrogens with zero attached hydrogens (tertiary/aromatic N) is 2. The van der Waals surface area contributed by atoms with Crippen LogP contribution in [0.15, 0.2) is 70.2 Å². The van der Waals surface area contributed by atoms with Gasteiger partial charge < -0.3 is 10.1 Å². The van der Waals surface area contributed by atoms with Crippen molar-refractivity contribution in [2.75, 3.05) is 11.9 Å². The standard InChI is InChI=1S/C23H15BrF2N4O3/c24-19-9-15(12-28-30-23(32)18-7-1-14(11-27)10-20(18)26)2-8-21(19)33-13-22(31)29-17-5-3-16(25)4-6-17/h1-10,12H,13H2,(H,29,31)(H,30,32)/b28-12-. The topological polar surface area (TPSA) is 104 Å². The number of rotatable bonds is 7. The molecule has 2 N–H and O–H groups in total. The predicted octanol–water partition coefficient (Wildman–Crippen LogP) is 4.38. The quantitative estimate of drug-likeness (QED) is 0.362. The lowest BCUT2D eigenvalue weighted by Crippen LogP contribution is -2.20. The monoisotopic (exact) mass is 512 g/mol. The smallest absolute Gasteiger partial charge is 0.274 e. The number of ether oxygens (including phenoxy) is 1. The summed E-state index contributed by atoms with van der Waals surface area (Å²) in [5.41, 5.74) is 3.11. The molecule has 0 aromatic heterocycles. The molecule has 0 aliphatic rings. The summed E-state index contributed by atoms with van der Waals surface area (Å²) in [5, 5.41) is 15.1. The maximum atomic E-state index is 13.9. The number of nitrogens with one attached hydrogen (secondary N) is 2. The average molecular weight is 513 g/mol. The van der Waals surface area contributed by atoms with Gasteiger partial charge in [0, 0.05) is 5.69 Å². The van der Waals surface area contributed by atoms with Crippen LogP contribution >= 0.6 is 15.9 Å². The zero-order valence-corrected chi connectivity index (χ0v) is 18.4. The molecule has 0 unspecified atom stereocenters. The van der Waals surface area contributed by atoms with Crippen molar-refractivity contribution in [1.82, 2.24) is 5.43 Å². The summed E-state index contributed by atoms with van der Waals surface area (Å²) in [7, 11) is 0. The molecule has 3 aromatic rings. The van der Waals surface area contributed by atoms with E-state index in [0.717, 1.165) is 6.07 Å². The van der Waals surface area contributed by atoms with Crippen molar-refractivity contribution in [2.45, 2.75) is 0 Å². The largest absolute Gasteiger partial charge is 0.483 e. The summed E-state index contributed by atoms with van der Waals surface area (Å²) >= 11 is 3.33. The third-order valence-electron chi connectivity index (χ3n) is 4.17. The van der Waals surface area contributed by atoms with Gasteiger partial charge in [0.05, 0.1) is 27.9 Å². The fourth-order valence-electron chi connectivity index (χ4n) is 2.58. The Kier molecular flexibility index (Phi) is 7.83. The third-order valence-corrected chi connectivity index (χ3v) is 4.78. The molecule has 0 radical (unpaired) electrons. The van der Waals surface area contributed by atoms with Crippen LogP contribution in [0.5, 0.6) is 5.75 Å². The average Bonchev–Trinajstić information content (AvgIpc) is 2.79. The van der Waals surface area contributed by atoms with E-state index in [1.54, 1.807) is 24.3 Å². The van der Waals surface area contributed by atoms with E-state index in [-0.39, 0.29) is 17.7 Å². The molecule has 0 aliphatic carbocycles. The van der Waals surface area contributed by atoms with Gasteiger partial charge in [-0.05, 0) is 82.2 Å². The van der Waals surface area contributed by atoms with Crippen molar-refractivity contribution >= 4 is 39.6 Å². The van der Waals surface area contributed by atoms with Gasteiger partial charge >= 0.3 is 0 Å². The number of anilines is 1. The molecule has 2 amide bonds. The van der Waals surface area contributed by atoms with E-state index in [1.165, 1.54) is 42.6 Å². The summed E-state index contributed by atoms with van der Waals surface area (Å²) in [6, 6.07) is 15.5. The fraction of sp³-hybridized carbons (Fsp3) is 0.0435. The first-order valence-corrected chi connectivity index (χ1v) is 10.2. The first kappa shape index (κ1) is 23.6. The Hall–Kier alpha value is -4.10. The molecular weight excluding hydrogens is 498 g/mol. The zero-order valence-electron chi connectivity index (χ0n) is 16.8. The second-order valence-corrected chi connectivity index (χ2v) is 7.39. The van der Waals surface area contributed by atoms with Crippen LogP contribution in [0.25, 0.3) is 0 Å². The minimum Gasteiger partial charge on any atom is -0.483 e. The van der Waals surface area contributed by atoms with Gasteiger partial charge in [-0.2, -0.15) is 10.4 Å². The lowest BCUT2D eigenvalue weighted by molar-refractivity contribution is -0.118. The maximum absolute atomic E-state index is 13.9. The van der Waals surface area contributed by atoms with Crippen LogP contribution in [0.1, 0.15) is 21.5 Å². The van der Waals surface area contributed by atoms with Crippen molar-refractivity contribution in [3.63, 3.8) is 0 Å². The number of hydrogen-bond acceptors (Lipinski definition) is 5. The van der Waals surface area contributed by atoms with Crippen LogP contribution in [-0.4, -0.2) is 24.6 Å². The van der Waals surface area contributed by atoms with Crippen molar-refractivity contribution in [3.8, 4) is 11.8 Å². The second-order valence-electron chi connectivity index (χ2n) is 6.54. The Morgan fingerprint density at radius 1 is 1.09 bits per heavy atom. The van der Waals surface area contributed by atoms with Crippen molar-refractivity contribution in [3.05, 3.63) is 93.5 Å². The van der Waals surface area contributed by atoms with Gasteiger partial charge in [-0.15, -0.1) is 0 Å². The molecular formula is C23H15BrF2N4O3. The maximum Gasteiger partial charge on any atom is 0.274 e. The van der Waals surface area contributed by atoms with E-state index in [9.17, 15) is 18.4 Å². The van der Waals surface area contributed by atoms with E-state index in [1.807, 2.05) is 0 Å². The molecule has 0 fully saturated rings. The first-order chi connectivity index (χ1) is 15.9. The van der Waals surface area contributed by atoms with Gasteiger partial charge in [-0.1, -0.05) is 0 Å². The summed E-state index contributed by atoms with van der Waals surface area (Å²) in [6.45, 7) is -0.268. The van der Waals surface area contributed by atoms with E-state index in [4.69, 9.17) is 10.00 Å². The molecule has 3 rings (SSSR count). The Balaban J connectivity index is 1.54. The first-order valence-electron chi connectivity index (χ1n) is 9.36. The van der Waals surface area contributed by atoms with Crippen molar-refractivity contribution in [1.29, 1.82) is 5.26 Å². The van der Waals surface area contributed by atoms with Gasteiger partial charge in [-0.3, -0.25) is 9.59 Å². The van der Waals surface area contributed by atoms with Gasteiger partial charge in [0.1, 0.15) is 17.4 Å². The van der Waals surface area contributed by atoms with E-state index in [2.05, 4.69) is 31.8 Å². The van der Waals surface area contributed by atoms with E-state index < -0.39 is 23.4 Å². The summed E-state index contributed by atoms with van der Waals surface area (Å²) in [4.78, 5) is 24.0. The summed E-state index contributed by atoms with van der Waals surface area (Å²) < 4.78 is 32.8. The Morgan fingerprint density at radius 3 is 2.52 bits per heavy atom. The molecule has 7 nitrogen and oxygen atoms in total. The molecule has 0 aliphatic heterocycles. The second kappa shape index (κ2) is 11.0. The number of hydrogen-bond donors (Lipinski definition) is 2. The minimum atomic E-state index is -0.825. The third kappa shape index (κ3) is 6.69. The van der Waals surface area contributed by atoms with Crippen LogP contribution in [0.3, 0.4) is 0 Å². The minimum absolute atomic E-state index is 0.104. The SMILES string of the molecule is N#Cc1ccc(C(=O)N/N=C\c2ccc(OCC(=O)Nc3ccc(F)cc3)c(Br)c2)c(F)c1. The number of benzene rings is 3.